The van der Waals surface area contributed by atoms with E-state index in [2.05, 4.69) is 40.7 Å². The van der Waals surface area contributed by atoms with Gasteiger partial charge >= 0.3 is 0 Å². The van der Waals surface area contributed by atoms with Crippen molar-refractivity contribution in [2.24, 2.45) is 5.41 Å². The summed E-state index contributed by atoms with van der Waals surface area (Å²) >= 11 is 0. The zero-order valence-corrected chi connectivity index (χ0v) is 9.98. The summed E-state index contributed by atoms with van der Waals surface area (Å²) in [5, 5.41) is 0. The highest BCUT2D eigenvalue weighted by molar-refractivity contribution is 4.94. The number of hydrogen-bond donors (Lipinski definition) is 0. The zero-order chi connectivity index (χ0) is 10.5. The van der Waals surface area contributed by atoms with Gasteiger partial charge in [0.05, 0.1) is 6.10 Å². The molecule has 0 saturated heterocycles. The van der Waals surface area contributed by atoms with Gasteiger partial charge < -0.3 is 4.74 Å². The molecule has 0 heterocycles. The van der Waals surface area contributed by atoms with E-state index in [9.17, 15) is 0 Å². The molecule has 0 aromatic heterocycles. The molecule has 1 nitrogen and oxygen atoms in total. The van der Waals surface area contributed by atoms with Crippen LogP contribution in [0.15, 0.2) is 11.6 Å². The van der Waals surface area contributed by atoms with Crippen molar-refractivity contribution >= 4 is 0 Å². The Bertz CT molecular complexity index is 164. The molecular formula is C12H24O. The molecule has 0 aromatic carbocycles. The Morgan fingerprint density at radius 3 is 2.31 bits per heavy atom. The lowest BCUT2D eigenvalue weighted by molar-refractivity contribution is 0.0167. The van der Waals surface area contributed by atoms with E-state index in [4.69, 9.17) is 4.74 Å². The summed E-state index contributed by atoms with van der Waals surface area (Å²) in [7, 11) is 1.79. The maximum absolute atomic E-state index is 5.35. The van der Waals surface area contributed by atoms with Gasteiger partial charge in [0, 0.05) is 7.11 Å². The Labute approximate surface area is 83.2 Å². The van der Waals surface area contributed by atoms with Gasteiger partial charge in [0.15, 0.2) is 0 Å². The first-order valence-electron chi connectivity index (χ1n) is 5.06. The van der Waals surface area contributed by atoms with Crippen LogP contribution in [0.5, 0.6) is 0 Å². The zero-order valence-electron chi connectivity index (χ0n) is 9.98. The van der Waals surface area contributed by atoms with E-state index >= 15 is 0 Å². The van der Waals surface area contributed by atoms with Crippen molar-refractivity contribution in [3.8, 4) is 0 Å². The van der Waals surface area contributed by atoms with Crippen LogP contribution in [0.1, 0.15) is 47.5 Å². The molecule has 0 radical (unpaired) electrons. The Balaban J connectivity index is 3.96. The minimum Gasteiger partial charge on any atom is -0.381 e. The van der Waals surface area contributed by atoms with Crippen molar-refractivity contribution in [2.45, 2.75) is 53.6 Å². The fraction of sp³-hybridized carbons (Fsp3) is 0.833. The maximum Gasteiger partial charge on any atom is 0.0594 e. The molecule has 0 N–H and O–H groups in total. The second-order valence-electron chi connectivity index (χ2n) is 4.69. The van der Waals surface area contributed by atoms with Crippen molar-refractivity contribution in [3.05, 3.63) is 11.6 Å². The highest BCUT2D eigenvalue weighted by atomic mass is 16.5. The van der Waals surface area contributed by atoms with E-state index in [1.54, 1.807) is 7.11 Å². The molecule has 0 fully saturated rings. The van der Waals surface area contributed by atoms with Crippen LogP contribution >= 0.6 is 0 Å². The Hall–Kier alpha value is -0.300. The average molecular weight is 184 g/mol. The van der Waals surface area contributed by atoms with Crippen LogP contribution in [0.2, 0.25) is 0 Å². The Morgan fingerprint density at radius 2 is 1.92 bits per heavy atom. The number of rotatable bonds is 5. The van der Waals surface area contributed by atoms with Gasteiger partial charge in [-0.3, -0.25) is 0 Å². The number of allylic oxidation sites excluding steroid dienone is 2. The fourth-order valence-corrected chi connectivity index (χ4v) is 1.26. The standard InChI is InChI=1S/C12H24O/c1-10(2)8-7-9-12(4,5)11(3)13-6/h8,11H,7,9H2,1-6H3/t11-/m0/s1. The molecule has 0 unspecified atom stereocenters. The summed E-state index contributed by atoms with van der Waals surface area (Å²) in [6, 6.07) is 0. The van der Waals surface area contributed by atoms with E-state index in [-0.39, 0.29) is 5.41 Å². The van der Waals surface area contributed by atoms with Gasteiger partial charge in [-0.2, -0.15) is 0 Å². The lowest BCUT2D eigenvalue weighted by Gasteiger charge is -2.30. The van der Waals surface area contributed by atoms with Gasteiger partial charge in [0.1, 0.15) is 0 Å². The lowest BCUT2D eigenvalue weighted by atomic mass is 9.82. The predicted molar refractivity (Wildman–Crippen MR) is 58.9 cm³/mol. The molecular weight excluding hydrogens is 160 g/mol. The third-order valence-corrected chi connectivity index (χ3v) is 2.80. The summed E-state index contributed by atoms with van der Waals surface area (Å²) in [6.07, 6.45) is 4.97. The second-order valence-corrected chi connectivity index (χ2v) is 4.69. The van der Waals surface area contributed by atoms with Crippen LogP contribution in [-0.4, -0.2) is 13.2 Å². The van der Waals surface area contributed by atoms with Crippen molar-refractivity contribution in [1.82, 2.24) is 0 Å². The van der Waals surface area contributed by atoms with Gasteiger partial charge in [-0.25, -0.2) is 0 Å². The maximum atomic E-state index is 5.35. The normalized spacial score (nSPS) is 14.0. The summed E-state index contributed by atoms with van der Waals surface area (Å²) < 4.78 is 5.35. The molecule has 0 aliphatic carbocycles. The van der Waals surface area contributed by atoms with Gasteiger partial charge in [-0.05, 0) is 39.0 Å². The Kier molecular flexibility index (Phi) is 5.31. The third kappa shape index (κ3) is 5.09. The van der Waals surface area contributed by atoms with Gasteiger partial charge in [-0.1, -0.05) is 25.5 Å². The SMILES string of the molecule is CO[C@@H](C)C(C)(C)CCC=C(C)C. The van der Waals surface area contributed by atoms with Gasteiger partial charge in [-0.15, -0.1) is 0 Å². The van der Waals surface area contributed by atoms with Crippen LogP contribution < -0.4 is 0 Å². The smallest absolute Gasteiger partial charge is 0.0594 e. The minimum absolute atomic E-state index is 0.278. The van der Waals surface area contributed by atoms with Crippen molar-refractivity contribution < 1.29 is 4.74 Å². The Morgan fingerprint density at radius 1 is 1.38 bits per heavy atom. The summed E-state index contributed by atoms with van der Waals surface area (Å²) in [5.41, 5.74) is 1.68. The highest BCUT2D eigenvalue weighted by Crippen LogP contribution is 2.28. The molecule has 0 bridgehead atoms. The molecule has 0 aromatic rings. The fourth-order valence-electron chi connectivity index (χ4n) is 1.26. The average Bonchev–Trinajstić information content (AvgIpc) is 2.01. The van der Waals surface area contributed by atoms with E-state index in [0.717, 1.165) is 6.42 Å². The van der Waals surface area contributed by atoms with Crippen LogP contribution in [0.4, 0.5) is 0 Å². The van der Waals surface area contributed by atoms with Crippen molar-refractivity contribution in [3.63, 3.8) is 0 Å². The molecule has 78 valence electrons. The second kappa shape index (κ2) is 5.43. The summed E-state index contributed by atoms with van der Waals surface area (Å²) in [4.78, 5) is 0. The topological polar surface area (TPSA) is 9.23 Å². The molecule has 1 heteroatoms. The number of ether oxygens (including phenoxy) is 1. The predicted octanol–water partition coefficient (Wildman–Crippen LogP) is 3.79. The summed E-state index contributed by atoms with van der Waals surface area (Å²) in [5.74, 6) is 0. The van der Waals surface area contributed by atoms with E-state index in [0.29, 0.717) is 6.10 Å². The highest BCUT2D eigenvalue weighted by Gasteiger charge is 2.24. The van der Waals surface area contributed by atoms with E-state index < -0.39 is 0 Å². The first kappa shape index (κ1) is 12.7. The molecule has 0 amide bonds. The number of methoxy groups -OCH3 is 1. The van der Waals surface area contributed by atoms with E-state index in [1.807, 2.05) is 0 Å². The van der Waals surface area contributed by atoms with Crippen LogP contribution in [0.3, 0.4) is 0 Å². The largest absolute Gasteiger partial charge is 0.381 e. The minimum atomic E-state index is 0.278. The first-order chi connectivity index (χ1) is 5.90. The molecule has 0 saturated carbocycles. The van der Waals surface area contributed by atoms with E-state index in [1.165, 1.54) is 12.0 Å². The monoisotopic (exact) mass is 184 g/mol. The molecule has 0 rings (SSSR count). The molecule has 0 spiro atoms. The van der Waals surface area contributed by atoms with Crippen molar-refractivity contribution in [1.29, 1.82) is 0 Å². The lowest BCUT2D eigenvalue weighted by Crippen LogP contribution is -2.28. The molecule has 1 atom stereocenters. The van der Waals surface area contributed by atoms with Gasteiger partial charge in [0.25, 0.3) is 0 Å². The van der Waals surface area contributed by atoms with Crippen LogP contribution in [-0.2, 0) is 4.74 Å². The first-order valence-corrected chi connectivity index (χ1v) is 5.06. The summed E-state index contributed by atoms with van der Waals surface area (Å²) in [6.45, 7) is 11.0. The third-order valence-electron chi connectivity index (χ3n) is 2.80. The molecule has 0 aliphatic heterocycles. The molecule has 0 aliphatic rings. The quantitative estimate of drug-likeness (QED) is 0.591. The number of hydrogen-bond acceptors (Lipinski definition) is 1. The van der Waals surface area contributed by atoms with Crippen LogP contribution in [0.25, 0.3) is 0 Å². The van der Waals surface area contributed by atoms with Gasteiger partial charge in [0.2, 0.25) is 0 Å². The van der Waals surface area contributed by atoms with Crippen LogP contribution in [0, 0.1) is 5.41 Å². The molecule has 13 heavy (non-hydrogen) atoms. The van der Waals surface area contributed by atoms with Crippen molar-refractivity contribution in [2.75, 3.05) is 7.11 Å².